The summed E-state index contributed by atoms with van der Waals surface area (Å²) < 4.78 is 0.218. The maximum absolute atomic E-state index is 12.5. The number of thioether (sulfide) groups is 1. The molecular weight excluding hydrogens is 320 g/mol. The van der Waals surface area contributed by atoms with Crippen LogP contribution in [0.15, 0.2) is 35.2 Å². The number of hydrazine groups is 1. The lowest BCUT2D eigenvalue weighted by Gasteiger charge is -2.25. The molecule has 2 saturated heterocycles. The summed E-state index contributed by atoms with van der Waals surface area (Å²) in [6.07, 6.45) is 2.31. The average Bonchev–Trinajstić information content (AvgIpc) is 3.21. The van der Waals surface area contributed by atoms with Gasteiger partial charge >= 0.3 is 0 Å². The second kappa shape index (κ2) is 4.76. The van der Waals surface area contributed by atoms with Crippen molar-refractivity contribution >= 4 is 52.1 Å². The molecule has 2 unspecified atom stereocenters. The number of thiocarbonyl (C=S) groups is 1. The molecule has 2 atom stereocenters. The second-order valence-electron chi connectivity index (χ2n) is 5.34. The van der Waals surface area contributed by atoms with Crippen molar-refractivity contribution in [1.82, 2.24) is 10.0 Å². The number of piperidine rings is 1. The zero-order chi connectivity index (χ0) is 15.4. The summed E-state index contributed by atoms with van der Waals surface area (Å²) in [4.78, 5) is 37.2. The maximum atomic E-state index is 12.5. The van der Waals surface area contributed by atoms with E-state index in [4.69, 9.17) is 12.2 Å². The summed E-state index contributed by atoms with van der Waals surface area (Å²) in [7, 11) is 0. The van der Waals surface area contributed by atoms with E-state index in [0.29, 0.717) is 11.3 Å². The summed E-state index contributed by atoms with van der Waals surface area (Å²) in [5.41, 5.74) is 0.866. The predicted molar refractivity (Wildman–Crippen MR) is 84.9 cm³/mol. The van der Waals surface area contributed by atoms with Crippen molar-refractivity contribution < 1.29 is 14.4 Å². The van der Waals surface area contributed by atoms with E-state index in [2.05, 4.69) is 0 Å². The minimum absolute atomic E-state index is 0.218. The second-order valence-corrected chi connectivity index (χ2v) is 7.02. The highest BCUT2D eigenvalue weighted by atomic mass is 32.2. The van der Waals surface area contributed by atoms with Gasteiger partial charge in [0.25, 0.3) is 17.7 Å². The third-order valence-corrected chi connectivity index (χ3v) is 5.20. The third-order valence-electron chi connectivity index (χ3n) is 3.91. The lowest BCUT2D eigenvalue weighted by molar-refractivity contribution is -0.160. The van der Waals surface area contributed by atoms with Gasteiger partial charge in [0.2, 0.25) is 0 Å². The van der Waals surface area contributed by atoms with Gasteiger partial charge in [0, 0.05) is 0 Å². The lowest BCUT2D eigenvalue weighted by atomic mass is 10.2. The van der Waals surface area contributed by atoms with E-state index in [0.717, 1.165) is 27.3 Å². The van der Waals surface area contributed by atoms with E-state index in [-0.39, 0.29) is 28.0 Å². The molecule has 5 nitrogen and oxygen atoms in total. The van der Waals surface area contributed by atoms with Gasteiger partial charge in [-0.05, 0) is 30.3 Å². The normalized spacial score (nSPS) is 28.8. The first-order chi connectivity index (χ1) is 10.6. The fourth-order valence-electron chi connectivity index (χ4n) is 2.69. The quantitative estimate of drug-likeness (QED) is 0.470. The smallest absolute Gasteiger partial charge is 0.272 e. The minimum Gasteiger partial charge on any atom is -0.272 e. The minimum atomic E-state index is -0.415. The Morgan fingerprint density at radius 2 is 1.68 bits per heavy atom. The van der Waals surface area contributed by atoms with E-state index in [1.54, 1.807) is 6.08 Å². The first kappa shape index (κ1) is 13.7. The van der Waals surface area contributed by atoms with Gasteiger partial charge in [-0.25, -0.2) is 0 Å². The van der Waals surface area contributed by atoms with Crippen LogP contribution in [0.25, 0.3) is 6.08 Å². The molecule has 2 aliphatic heterocycles. The van der Waals surface area contributed by atoms with E-state index in [9.17, 15) is 14.4 Å². The number of amides is 3. The Kier molecular flexibility index (Phi) is 2.95. The number of nitrogens with zero attached hydrogens (tertiary/aromatic N) is 2. The lowest BCUT2D eigenvalue weighted by Crippen LogP contribution is -2.50. The summed E-state index contributed by atoms with van der Waals surface area (Å²) in [6, 6.07) is 9.36. The van der Waals surface area contributed by atoms with Crippen LogP contribution in [0, 0.1) is 11.8 Å². The number of fused-ring (bicyclic) bond motifs is 1. The summed E-state index contributed by atoms with van der Waals surface area (Å²) in [6.45, 7) is 0. The van der Waals surface area contributed by atoms with Gasteiger partial charge < -0.3 is 0 Å². The zero-order valence-electron chi connectivity index (χ0n) is 11.3. The van der Waals surface area contributed by atoms with Crippen molar-refractivity contribution in [2.45, 2.75) is 6.42 Å². The van der Waals surface area contributed by atoms with Crippen LogP contribution in [0.2, 0.25) is 0 Å². The predicted octanol–water partition coefficient (Wildman–Crippen LogP) is 1.81. The maximum Gasteiger partial charge on any atom is 0.285 e. The Morgan fingerprint density at radius 3 is 2.32 bits per heavy atom. The number of hydrogen-bond acceptors (Lipinski definition) is 5. The number of hydrogen-bond donors (Lipinski definition) is 0. The van der Waals surface area contributed by atoms with Gasteiger partial charge in [-0.2, -0.15) is 10.0 Å². The molecule has 4 rings (SSSR count). The monoisotopic (exact) mass is 330 g/mol. The van der Waals surface area contributed by atoms with Crippen LogP contribution in [0.4, 0.5) is 0 Å². The van der Waals surface area contributed by atoms with Crippen molar-refractivity contribution in [3.63, 3.8) is 0 Å². The molecular formula is C15H10N2O3S2. The first-order valence-corrected chi connectivity index (χ1v) is 8.01. The SMILES string of the molecule is O=C1/C(=C\c2ccccc2)SC(=S)N1N1C(=O)C2CC2C1=O. The Morgan fingerprint density at radius 1 is 1.05 bits per heavy atom. The number of rotatable bonds is 2. The molecule has 22 heavy (non-hydrogen) atoms. The molecule has 0 spiro atoms. The highest BCUT2D eigenvalue weighted by Crippen LogP contribution is 2.49. The van der Waals surface area contributed by atoms with Crippen molar-refractivity contribution in [2.75, 3.05) is 0 Å². The van der Waals surface area contributed by atoms with Crippen LogP contribution in [0.1, 0.15) is 12.0 Å². The molecule has 2 heterocycles. The van der Waals surface area contributed by atoms with E-state index >= 15 is 0 Å². The molecule has 0 radical (unpaired) electrons. The van der Waals surface area contributed by atoms with Crippen LogP contribution in [0.5, 0.6) is 0 Å². The molecule has 3 amide bonds. The van der Waals surface area contributed by atoms with E-state index < -0.39 is 5.91 Å². The Balaban J connectivity index is 1.65. The largest absolute Gasteiger partial charge is 0.285 e. The molecule has 1 aromatic rings. The van der Waals surface area contributed by atoms with Gasteiger partial charge in [0.05, 0.1) is 16.7 Å². The molecule has 1 aromatic carbocycles. The van der Waals surface area contributed by atoms with Gasteiger partial charge in [-0.1, -0.05) is 42.1 Å². The molecule has 0 bridgehead atoms. The standard InChI is InChI=1S/C15H10N2O3S2/c18-12-9-7-10(9)13(19)16(12)17-14(20)11(22-15(17)21)6-8-4-2-1-3-5-8/h1-6,9-10H,7H2/b11-6+. The molecule has 1 aliphatic carbocycles. The van der Waals surface area contributed by atoms with Crippen molar-refractivity contribution in [3.05, 3.63) is 40.8 Å². The number of benzene rings is 1. The highest BCUT2D eigenvalue weighted by Gasteiger charge is 2.62. The van der Waals surface area contributed by atoms with Crippen LogP contribution < -0.4 is 0 Å². The summed E-state index contributed by atoms with van der Waals surface area (Å²) >= 11 is 6.29. The average molecular weight is 330 g/mol. The summed E-state index contributed by atoms with van der Waals surface area (Å²) in [5.74, 6) is -1.55. The fourth-order valence-corrected chi connectivity index (χ4v) is 3.94. The molecule has 110 valence electrons. The van der Waals surface area contributed by atoms with Gasteiger partial charge in [-0.15, -0.1) is 0 Å². The molecule has 0 aromatic heterocycles. The van der Waals surface area contributed by atoms with Crippen LogP contribution >= 0.6 is 24.0 Å². The Labute approximate surface area is 135 Å². The van der Waals surface area contributed by atoms with Crippen LogP contribution in [-0.4, -0.2) is 32.1 Å². The van der Waals surface area contributed by atoms with Gasteiger partial charge in [0.1, 0.15) is 0 Å². The molecule has 0 N–H and O–H groups in total. The Bertz CT molecular complexity index is 739. The Hall–Kier alpha value is -1.99. The molecule has 3 aliphatic rings. The summed E-state index contributed by atoms with van der Waals surface area (Å²) in [5, 5.41) is 1.98. The molecule has 3 fully saturated rings. The number of carbonyl (C=O) groups excluding carboxylic acids is 3. The van der Waals surface area contributed by atoms with Gasteiger partial charge in [-0.3, -0.25) is 14.4 Å². The van der Waals surface area contributed by atoms with Gasteiger partial charge in [0.15, 0.2) is 4.32 Å². The number of carbonyl (C=O) groups is 3. The highest BCUT2D eigenvalue weighted by molar-refractivity contribution is 8.26. The van der Waals surface area contributed by atoms with E-state index in [1.165, 1.54) is 0 Å². The molecule has 7 heteroatoms. The third kappa shape index (κ3) is 1.93. The van der Waals surface area contributed by atoms with Crippen molar-refractivity contribution in [1.29, 1.82) is 0 Å². The van der Waals surface area contributed by atoms with Crippen molar-refractivity contribution in [3.8, 4) is 0 Å². The van der Waals surface area contributed by atoms with Crippen molar-refractivity contribution in [2.24, 2.45) is 11.8 Å². The van der Waals surface area contributed by atoms with Crippen LogP contribution in [0.3, 0.4) is 0 Å². The van der Waals surface area contributed by atoms with E-state index in [1.807, 2.05) is 30.3 Å². The van der Waals surface area contributed by atoms with Crippen LogP contribution in [-0.2, 0) is 14.4 Å². The zero-order valence-corrected chi connectivity index (χ0v) is 12.9. The first-order valence-electron chi connectivity index (χ1n) is 6.78. The number of imide groups is 1. The topological polar surface area (TPSA) is 57.7 Å². The fraction of sp³-hybridized carbons (Fsp3) is 0.200. The molecule has 1 saturated carbocycles.